The molecule has 0 spiro atoms. The molecule has 1 unspecified atom stereocenters. The van der Waals surface area contributed by atoms with Crippen LogP contribution in [0.1, 0.15) is 29.7 Å². The molecule has 1 amide bonds. The molecule has 0 bridgehead atoms. The molecule has 3 aromatic rings. The van der Waals surface area contributed by atoms with Crippen LogP contribution in [0.5, 0.6) is 17.2 Å². The number of nitrogens with zero attached hydrogens (tertiary/aromatic N) is 1. The van der Waals surface area contributed by atoms with Crippen molar-refractivity contribution in [2.24, 2.45) is 0 Å². The number of rotatable bonds is 6. The molecule has 0 aliphatic carbocycles. The Labute approximate surface area is 208 Å². The Balaban J connectivity index is 1.95. The SMILES string of the molecule is COc1cccc(N2C(=O)C(=O)/C(=C(/O)c3cc(C)ccc3OC)C2c2ccc(OC(C)=O)cc2)c1. The maximum Gasteiger partial charge on any atom is 0.308 e. The molecular weight excluding hydrogens is 462 g/mol. The second-order valence-corrected chi connectivity index (χ2v) is 8.24. The topological polar surface area (TPSA) is 102 Å². The van der Waals surface area contributed by atoms with E-state index in [9.17, 15) is 19.5 Å². The summed E-state index contributed by atoms with van der Waals surface area (Å²) in [7, 11) is 2.96. The van der Waals surface area contributed by atoms with Crippen LogP contribution in [0.2, 0.25) is 0 Å². The summed E-state index contributed by atoms with van der Waals surface area (Å²) in [6.45, 7) is 3.14. The molecule has 1 saturated heterocycles. The number of Topliss-reactive ketones (excluding diaryl/α,β-unsaturated/α-hetero) is 1. The molecule has 1 atom stereocenters. The number of amides is 1. The van der Waals surface area contributed by atoms with Gasteiger partial charge in [0.15, 0.2) is 0 Å². The third kappa shape index (κ3) is 4.53. The molecule has 8 nitrogen and oxygen atoms in total. The van der Waals surface area contributed by atoms with E-state index in [1.807, 2.05) is 13.0 Å². The maximum atomic E-state index is 13.4. The second kappa shape index (κ2) is 9.95. The van der Waals surface area contributed by atoms with Crippen LogP contribution in [0.3, 0.4) is 0 Å². The molecule has 36 heavy (non-hydrogen) atoms. The summed E-state index contributed by atoms with van der Waals surface area (Å²) in [4.78, 5) is 39.4. The fourth-order valence-corrected chi connectivity index (χ4v) is 4.21. The predicted molar refractivity (Wildman–Crippen MR) is 133 cm³/mol. The van der Waals surface area contributed by atoms with Crippen LogP contribution in [0.15, 0.2) is 72.3 Å². The van der Waals surface area contributed by atoms with Crippen molar-refractivity contribution >= 4 is 29.1 Å². The summed E-state index contributed by atoms with van der Waals surface area (Å²) in [5.41, 5.74) is 1.98. The van der Waals surface area contributed by atoms with Crippen molar-refractivity contribution in [3.63, 3.8) is 0 Å². The van der Waals surface area contributed by atoms with Crippen LogP contribution in [0.4, 0.5) is 5.69 Å². The standard InChI is InChI=1S/C28H25NO7/c1-16-8-13-23(35-4)22(14-16)26(31)24-25(18-9-11-20(12-10-18)36-17(2)30)29(28(33)27(24)32)19-6-5-7-21(15-19)34-3/h5-15,25,31H,1-4H3/b26-24+. The van der Waals surface area contributed by atoms with Crippen LogP contribution in [-0.2, 0) is 14.4 Å². The lowest BCUT2D eigenvalue weighted by atomic mass is 9.94. The first kappa shape index (κ1) is 24.5. The van der Waals surface area contributed by atoms with Crippen molar-refractivity contribution in [1.82, 2.24) is 0 Å². The summed E-state index contributed by atoms with van der Waals surface area (Å²) in [6, 6.07) is 17.4. The van der Waals surface area contributed by atoms with Crippen molar-refractivity contribution in [2.75, 3.05) is 19.1 Å². The van der Waals surface area contributed by atoms with Gasteiger partial charge in [-0.2, -0.15) is 0 Å². The average molecular weight is 488 g/mol. The van der Waals surface area contributed by atoms with Gasteiger partial charge < -0.3 is 19.3 Å². The van der Waals surface area contributed by atoms with Gasteiger partial charge in [0.2, 0.25) is 0 Å². The number of benzene rings is 3. The van der Waals surface area contributed by atoms with Gasteiger partial charge in [-0.25, -0.2) is 0 Å². The van der Waals surface area contributed by atoms with Crippen LogP contribution < -0.4 is 19.1 Å². The van der Waals surface area contributed by atoms with E-state index in [4.69, 9.17) is 14.2 Å². The molecule has 3 aromatic carbocycles. The highest BCUT2D eigenvalue weighted by molar-refractivity contribution is 6.51. The Morgan fingerprint density at radius 3 is 2.28 bits per heavy atom. The Morgan fingerprint density at radius 2 is 1.64 bits per heavy atom. The van der Waals surface area contributed by atoms with Gasteiger partial charge in [-0.15, -0.1) is 0 Å². The highest BCUT2D eigenvalue weighted by atomic mass is 16.5. The number of aryl methyl sites for hydroxylation is 1. The molecule has 8 heteroatoms. The fraction of sp³-hybridized carbons (Fsp3) is 0.179. The van der Waals surface area contributed by atoms with Gasteiger partial charge in [0.1, 0.15) is 23.0 Å². The van der Waals surface area contributed by atoms with Crippen molar-refractivity contribution in [3.05, 3.63) is 89.0 Å². The van der Waals surface area contributed by atoms with Gasteiger partial charge in [0, 0.05) is 18.7 Å². The van der Waals surface area contributed by atoms with Crippen LogP contribution >= 0.6 is 0 Å². The number of ether oxygens (including phenoxy) is 3. The van der Waals surface area contributed by atoms with E-state index in [1.165, 1.54) is 26.0 Å². The van der Waals surface area contributed by atoms with Crippen molar-refractivity contribution < 1.29 is 33.7 Å². The molecule has 1 aliphatic rings. The van der Waals surface area contributed by atoms with E-state index in [-0.39, 0.29) is 11.3 Å². The van der Waals surface area contributed by atoms with Gasteiger partial charge in [-0.3, -0.25) is 19.3 Å². The summed E-state index contributed by atoms with van der Waals surface area (Å²) < 4.78 is 15.8. The fourth-order valence-electron chi connectivity index (χ4n) is 4.21. The van der Waals surface area contributed by atoms with Crippen molar-refractivity contribution in [1.29, 1.82) is 0 Å². The molecule has 4 rings (SSSR count). The summed E-state index contributed by atoms with van der Waals surface area (Å²) in [5, 5.41) is 11.4. The van der Waals surface area contributed by atoms with Crippen molar-refractivity contribution in [2.45, 2.75) is 19.9 Å². The molecule has 184 valence electrons. The Kier molecular flexibility index (Phi) is 6.78. The normalized spacial score (nSPS) is 16.7. The van der Waals surface area contributed by atoms with Gasteiger partial charge in [-0.05, 0) is 48.9 Å². The average Bonchev–Trinajstić information content (AvgIpc) is 3.14. The number of hydrogen-bond acceptors (Lipinski definition) is 7. The number of aliphatic hydroxyl groups excluding tert-OH is 1. The summed E-state index contributed by atoms with van der Waals surface area (Å²) in [6.07, 6.45) is 0. The predicted octanol–water partition coefficient (Wildman–Crippen LogP) is 4.56. The minimum Gasteiger partial charge on any atom is -0.507 e. The minimum atomic E-state index is -0.964. The zero-order valence-corrected chi connectivity index (χ0v) is 20.3. The monoisotopic (exact) mass is 487 g/mol. The zero-order chi connectivity index (χ0) is 26.0. The zero-order valence-electron chi connectivity index (χ0n) is 20.3. The number of methoxy groups -OCH3 is 2. The van der Waals surface area contributed by atoms with Gasteiger partial charge in [0.05, 0.1) is 31.4 Å². The second-order valence-electron chi connectivity index (χ2n) is 8.24. The number of carbonyl (C=O) groups excluding carboxylic acids is 3. The van der Waals surface area contributed by atoms with E-state index < -0.39 is 23.7 Å². The third-order valence-electron chi connectivity index (χ3n) is 5.84. The first-order valence-corrected chi connectivity index (χ1v) is 11.1. The van der Waals surface area contributed by atoms with Gasteiger partial charge in [-0.1, -0.05) is 29.8 Å². The quantitative estimate of drug-likeness (QED) is 0.179. The number of ketones is 1. The largest absolute Gasteiger partial charge is 0.507 e. The maximum absolute atomic E-state index is 13.4. The number of esters is 1. The molecule has 1 fully saturated rings. The smallest absolute Gasteiger partial charge is 0.308 e. The lowest BCUT2D eigenvalue weighted by Crippen LogP contribution is -2.29. The molecule has 0 radical (unpaired) electrons. The molecule has 1 aliphatic heterocycles. The number of hydrogen-bond donors (Lipinski definition) is 1. The van der Waals surface area contributed by atoms with Gasteiger partial charge >= 0.3 is 5.97 Å². The summed E-state index contributed by atoms with van der Waals surface area (Å²) >= 11 is 0. The minimum absolute atomic E-state index is 0.0908. The van der Waals surface area contributed by atoms with Crippen molar-refractivity contribution in [3.8, 4) is 17.2 Å². The van der Waals surface area contributed by atoms with E-state index in [2.05, 4.69) is 0 Å². The Bertz CT molecular complexity index is 1370. The van der Waals surface area contributed by atoms with Gasteiger partial charge in [0.25, 0.3) is 11.7 Å². The molecule has 0 aromatic heterocycles. The highest BCUT2D eigenvalue weighted by Gasteiger charge is 2.47. The first-order valence-electron chi connectivity index (χ1n) is 11.1. The lowest BCUT2D eigenvalue weighted by molar-refractivity contribution is -0.132. The summed E-state index contributed by atoms with van der Waals surface area (Å²) in [5.74, 6) is -1.30. The number of anilines is 1. The molecule has 0 saturated carbocycles. The molecular formula is C28H25NO7. The van der Waals surface area contributed by atoms with E-state index >= 15 is 0 Å². The Morgan fingerprint density at radius 1 is 0.917 bits per heavy atom. The number of aliphatic hydroxyl groups is 1. The lowest BCUT2D eigenvalue weighted by Gasteiger charge is -2.26. The van der Waals surface area contributed by atoms with E-state index in [1.54, 1.807) is 60.7 Å². The van der Waals surface area contributed by atoms with Crippen LogP contribution in [0.25, 0.3) is 5.76 Å². The van der Waals surface area contributed by atoms with Crippen LogP contribution in [-0.4, -0.2) is 37.0 Å². The first-order chi connectivity index (χ1) is 17.2. The van der Waals surface area contributed by atoms with E-state index in [0.29, 0.717) is 34.1 Å². The van der Waals surface area contributed by atoms with E-state index in [0.717, 1.165) is 5.56 Å². The molecule has 1 heterocycles. The highest BCUT2D eigenvalue weighted by Crippen LogP contribution is 2.44. The van der Waals surface area contributed by atoms with Crippen LogP contribution in [0, 0.1) is 6.92 Å². The number of carbonyl (C=O) groups is 3. The Hall–Kier alpha value is -4.59. The third-order valence-corrected chi connectivity index (χ3v) is 5.84. The molecule has 1 N–H and O–H groups in total.